The number of nitrogens with zero attached hydrogens (tertiary/aromatic N) is 1. The zero-order valence-corrected chi connectivity index (χ0v) is 14.0. The van der Waals surface area contributed by atoms with Crippen molar-refractivity contribution in [2.75, 3.05) is 6.54 Å². The van der Waals surface area contributed by atoms with Crippen LogP contribution in [0.25, 0.3) is 0 Å². The molecule has 0 fully saturated rings. The van der Waals surface area contributed by atoms with Gasteiger partial charge < -0.3 is 25.5 Å². The molecule has 0 aliphatic rings. The van der Waals surface area contributed by atoms with Crippen molar-refractivity contribution in [3.05, 3.63) is 58.7 Å². The van der Waals surface area contributed by atoms with E-state index in [4.69, 9.17) is 15.3 Å². The highest BCUT2D eigenvalue weighted by molar-refractivity contribution is 5.88. The van der Waals surface area contributed by atoms with Gasteiger partial charge in [-0.2, -0.15) is 0 Å². The van der Waals surface area contributed by atoms with Gasteiger partial charge in [-0.05, 0) is 36.4 Å². The van der Waals surface area contributed by atoms with Gasteiger partial charge >= 0.3 is 17.9 Å². The molecule has 9 nitrogen and oxygen atoms in total. The van der Waals surface area contributed by atoms with E-state index in [2.05, 4.69) is 0 Å². The average molecular weight is 375 g/mol. The minimum Gasteiger partial charge on any atom is -0.508 e. The molecule has 0 atom stereocenters. The number of aliphatic carboxylic acids is 1. The summed E-state index contributed by atoms with van der Waals surface area (Å²) in [6.45, 7) is -0.737. The van der Waals surface area contributed by atoms with Crippen molar-refractivity contribution in [1.82, 2.24) is 4.90 Å². The molecule has 142 valence electrons. The molecule has 5 N–H and O–H groups in total. The van der Waals surface area contributed by atoms with Crippen molar-refractivity contribution in [1.29, 1.82) is 0 Å². The van der Waals surface area contributed by atoms with Crippen molar-refractivity contribution in [2.45, 2.75) is 13.1 Å². The fraction of sp³-hybridized carbons (Fsp3) is 0.167. The molecule has 9 heteroatoms. The molecule has 0 amide bonds. The van der Waals surface area contributed by atoms with E-state index in [1.165, 1.54) is 41.3 Å². The summed E-state index contributed by atoms with van der Waals surface area (Å²) in [6.07, 6.45) is 0. The number of hydrogen-bond donors (Lipinski definition) is 5. The third kappa shape index (κ3) is 5.19. The van der Waals surface area contributed by atoms with Crippen LogP contribution in [0.3, 0.4) is 0 Å². The molecular weight excluding hydrogens is 358 g/mol. The number of carboxylic acids is 3. The Morgan fingerprint density at radius 1 is 0.741 bits per heavy atom. The number of carbonyl (C=O) groups is 3. The quantitative estimate of drug-likeness (QED) is 0.462. The lowest BCUT2D eigenvalue weighted by atomic mass is 10.1. The summed E-state index contributed by atoms with van der Waals surface area (Å²) in [7, 11) is 0. The van der Waals surface area contributed by atoms with E-state index >= 15 is 0 Å². The first-order valence-electron chi connectivity index (χ1n) is 7.72. The standard InChI is InChI=1S/C18H17NO8/c20-14-3-1-10(17(24)25)5-12(14)7-19(9-16(22)23)8-13-6-11(18(26)27)2-4-15(13)21/h1-6,20-21H,7-9H2,(H,22,23)(H,24,25)(H,26,27). The maximum atomic E-state index is 11.2. The van der Waals surface area contributed by atoms with E-state index in [9.17, 15) is 24.6 Å². The highest BCUT2D eigenvalue weighted by atomic mass is 16.4. The fourth-order valence-corrected chi connectivity index (χ4v) is 2.53. The Labute approximate surface area is 153 Å². The molecule has 0 heterocycles. The Kier molecular flexibility index (Phi) is 5.99. The van der Waals surface area contributed by atoms with E-state index in [-0.39, 0.29) is 46.8 Å². The van der Waals surface area contributed by atoms with Crippen LogP contribution in [0.5, 0.6) is 11.5 Å². The molecule has 0 bridgehead atoms. The molecular formula is C18H17NO8. The van der Waals surface area contributed by atoms with Crippen LogP contribution < -0.4 is 0 Å². The van der Waals surface area contributed by atoms with E-state index in [1.807, 2.05) is 0 Å². The molecule has 0 aromatic heterocycles. The lowest BCUT2D eigenvalue weighted by molar-refractivity contribution is -0.138. The second-order valence-electron chi connectivity index (χ2n) is 5.84. The van der Waals surface area contributed by atoms with Crippen LogP contribution in [0.15, 0.2) is 36.4 Å². The number of phenolic OH excluding ortho intramolecular Hbond substituents is 2. The van der Waals surface area contributed by atoms with Gasteiger partial charge in [-0.1, -0.05) is 0 Å². The number of phenols is 2. The topological polar surface area (TPSA) is 156 Å². The van der Waals surface area contributed by atoms with Gasteiger partial charge in [-0.3, -0.25) is 9.69 Å². The predicted molar refractivity (Wildman–Crippen MR) is 91.9 cm³/mol. The van der Waals surface area contributed by atoms with Crippen molar-refractivity contribution < 1.29 is 39.9 Å². The van der Waals surface area contributed by atoms with Crippen LogP contribution in [0.1, 0.15) is 31.8 Å². The van der Waals surface area contributed by atoms with Crippen LogP contribution in [0.4, 0.5) is 0 Å². The van der Waals surface area contributed by atoms with Gasteiger partial charge in [0, 0.05) is 24.2 Å². The predicted octanol–water partition coefficient (Wildman–Crippen LogP) is 1.58. The molecule has 2 aromatic carbocycles. The van der Waals surface area contributed by atoms with Crippen LogP contribution in [0.2, 0.25) is 0 Å². The van der Waals surface area contributed by atoms with Crippen molar-refractivity contribution in [3.63, 3.8) is 0 Å². The first-order chi connectivity index (χ1) is 12.7. The zero-order chi connectivity index (χ0) is 20.1. The van der Waals surface area contributed by atoms with Gasteiger partial charge in [0.05, 0.1) is 17.7 Å². The average Bonchev–Trinajstić information content (AvgIpc) is 2.57. The lowest BCUT2D eigenvalue weighted by Gasteiger charge is -2.22. The van der Waals surface area contributed by atoms with Crippen molar-refractivity contribution >= 4 is 17.9 Å². The Bertz CT molecular complexity index is 827. The normalized spacial score (nSPS) is 10.7. The SMILES string of the molecule is O=C(O)CN(Cc1cc(C(=O)O)ccc1O)Cc1cc(C(=O)O)ccc1O. The monoisotopic (exact) mass is 375 g/mol. The summed E-state index contributed by atoms with van der Waals surface area (Å²) in [5.74, 6) is -4.00. The molecule has 0 unspecified atom stereocenters. The van der Waals surface area contributed by atoms with Crippen LogP contribution in [-0.4, -0.2) is 54.9 Å². The summed E-state index contributed by atoms with van der Waals surface area (Å²) in [5.41, 5.74) is 0.220. The summed E-state index contributed by atoms with van der Waals surface area (Å²) in [5, 5.41) is 47.1. The Morgan fingerprint density at radius 2 is 1.15 bits per heavy atom. The molecule has 0 spiro atoms. The van der Waals surface area contributed by atoms with E-state index in [0.29, 0.717) is 0 Å². The number of hydrogen-bond acceptors (Lipinski definition) is 6. The van der Waals surface area contributed by atoms with Gasteiger partial charge in [0.25, 0.3) is 0 Å². The zero-order valence-electron chi connectivity index (χ0n) is 14.0. The summed E-state index contributed by atoms with van der Waals surface area (Å²) in [6, 6.07) is 7.26. The second kappa shape index (κ2) is 8.19. The first kappa shape index (κ1) is 19.7. The molecule has 0 saturated carbocycles. The summed E-state index contributed by atoms with van der Waals surface area (Å²) >= 11 is 0. The number of aromatic carboxylic acids is 2. The first-order valence-corrected chi connectivity index (χ1v) is 7.72. The van der Waals surface area contributed by atoms with Crippen molar-refractivity contribution in [2.24, 2.45) is 0 Å². The number of aromatic hydroxyl groups is 2. The third-order valence-electron chi connectivity index (χ3n) is 3.80. The highest BCUT2D eigenvalue weighted by Gasteiger charge is 2.17. The Hall–Kier alpha value is -3.59. The maximum Gasteiger partial charge on any atom is 0.335 e. The van der Waals surface area contributed by atoms with E-state index < -0.39 is 24.5 Å². The second-order valence-corrected chi connectivity index (χ2v) is 5.84. The number of carboxylic acid groups (broad SMARTS) is 3. The molecule has 0 aliphatic carbocycles. The smallest absolute Gasteiger partial charge is 0.335 e. The molecule has 0 saturated heterocycles. The Balaban J connectivity index is 2.33. The molecule has 27 heavy (non-hydrogen) atoms. The summed E-state index contributed by atoms with van der Waals surface area (Å²) in [4.78, 5) is 34.7. The fourth-order valence-electron chi connectivity index (χ4n) is 2.53. The largest absolute Gasteiger partial charge is 0.508 e. The van der Waals surface area contributed by atoms with E-state index in [0.717, 1.165) is 0 Å². The summed E-state index contributed by atoms with van der Waals surface area (Å²) < 4.78 is 0. The minimum absolute atomic E-state index is 0.0752. The molecule has 2 aromatic rings. The molecule has 2 rings (SSSR count). The lowest BCUT2D eigenvalue weighted by Crippen LogP contribution is -2.29. The van der Waals surface area contributed by atoms with E-state index in [1.54, 1.807) is 0 Å². The third-order valence-corrected chi connectivity index (χ3v) is 3.80. The number of rotatable bonds is 8. The van der Waals surface area contributed by atoms with Gasteiger partial charge in [0.15, 0.2) is 0 Å². The van der Waals surface area contributed by atoms with Crippen LogP contribution in [-0.2, 0) is 17.9 Å². The van der Waals surface area contributed by atoms with Gasteiger partial charge in [0.2, 0.25) is 0 Å². The van der Waals surface area contributed by atoms with Crippen molar-refractivity contribution in [3.8, 4) is 11.5 Å². The van der Waals surface area contributed by atoms with Gasteiger partial charge in [0.1, 0.15) is 11.5 Å². The maximum absolute atomic E-state index is 11.2. The van der Waals surface area contributed by atoms with Gasteiger partial charge in [-0.25, -0.2) is 9.59 Å². The number of benzene rings is 2. The van der Waals surface area contributed by atoms with Crippen LogP contribution in [0, 0.1) is 0 Å². The molecule has 0 radical (unpaired) electrons. The molecule has 0 aliphatic heterocycles. The van der Waals surface area contributed by atoms with Crippen LogP contribution >= 0.6 is 0 Å². The Morgan fingerprint density at radius 3 is 1.48 bits per heavy atom. The van der Waals surface area contributed by atoms with Gasteiger partial charge in [-0.15, -0.1) is 0 Å². The minimum atomic E-state index is -1.20. The highest BCUT2D eigenvalue weighted by Crippen LogP contribution is 2.24.